The Morgan fingerprint density at radius 1 is 1.17 bits per heavy atom. The standard InChI is InChI=1S/C19H17ClN2O2/c1-13(14-5-3-2-4-6-14)12-21-19(23)17-11-18(24-22-17)15-7-9-16(20)10-8-15/h2-11,13H,12H2,1H3,(H,21,23). The van der Waals surface area contributed by atoms with Crippen LogP contribution in [0.1, 0.15) is 28.9 Å². The number of nitrogens with one attached hydrogen (secondary N) is 1. The molecule has 3 aromatic rings. The molecule has 0 spiro atoms. The predicted octanol–water partition coefficient (Wildman–Crippen LogP) is 4.53. The minimum absolute atomic E-state index is 0.220. The number of rotatable bonds is 5. The van der Waals surface area contributed by atoms with Gasteiger partial charge in [0.15, 0.2) is 11.5 Å². The summed E-state index contributed by atoms with van der Waals surface area (Å²) in [6, 6.07) is 18.9. The quantitative estimate of drug-likeness (QED) is 0.742. The van der Waals surface area contributed by atoms with Gasteiger partial charge in [0.2, 0.25) is 0 Å². The van der Waals surface area contributed by atoms with Gasteiger partial charge in [-0.25, -0.2) is 0 Å². The van der Waals surface area contributed by atoms with Crippen LogP contribution in [0, 0.1) is 0 Å². The molecular formula is C19H17ClN2O2. The summed E-state index contributed by atoms with van der Waals surface area (Å²) in [4.78, 5) is 12.2. The molecule has 0 aliphatic rings. The van der Waals surface area contributed by atoms with Gasteiger partial charge in [-0.15, -0.1) is 0 Å². The molecule has 0 aliphatic carbocycles. The van der Waals surface area contributed by atoms with Crippen LogP contribution in [0.15, 0.2) is 65.2 Å². The number of carbonyl (C=O) groups is 1. The third-order valence-electron chi connectivity index (χ3n) is 3.81. The van der Waals surface area contributed by atoms with Crippen LogP contribution in [0.25, 0.3) is 11.3 Å². The maximum atomic E-state index is 12.2. The molecule has 122 valence electrons. The lowest BCUT2D eigenvalue weighted by Crippen LogP contribution is -2.27. The van der Waals surface area contributed by atoms with E-state index in [0.717, 1.165) is 5.56 Å². The van der Waals surface area contributed by atoms with Gasteiger partial charge >= 0.3 is 0 Å². The molecule has 0 radical (unpaired) electrons. The van der Waals surface area contributed by atoms with Gasteiger partial charge in [-0.1, -0.05) is 54.0 Å². The second-order valence-corrected chi connectivity index (χ2v) is 6.04. The van der Waals surface area contributed by atoms with Crippen molar-refractivity contribution in [1.82, 2.24) is 10.5 Å². The fourth-order valence-corrected chi connectivity index (χ4v) is 2.49. The van der Waals surface area contributed by atoms with Crippen LogP contribution in [-0.4, -0.2) is 17.6 Å². The number of hydrogen-bond acceptors (Lipinski definition) is 3. The zero-order valence-corrected chi connectivity index (χ0v) is 14.0. The van der Waals surface area contributed by atoms with Crippen molar-refractivity contribution in [3.8, 4) is 11.3 Å². The lowest BCUT2D eigenvalue weighted by Gasteiger charge is -2.12. The first-order chi connectivity index (χ1) is 11.6. The lowest BCUT2D eigenvalue weighted by atomic mass is 10.0. The van der Waals surface area contributed by atoms with Crippen LogP contribution in [0.3, 0.4) is 0 Å². The van der Waals surface area contributed by atoms with E-state index in [2.05, 4.69) is 17.4 Å². The molecule has 1 aromatic heterocycles. The molecule has 1 unspecified atom stereocenters. The number of benzene rings is 2. The zero-order valence-electron chi connectivity index (χ0n) is 13.2. The summed E-state index contributed by atoms with van der Waals surface area (Å²) in [6.45, 7) is 2.60. The van der Waals surface area contributed by atoms with E-state index in [0.29, 0.717) is 17.3 Å². The normalized spacial score (nSPS) is 11.9. The number of aromatic nitrogens is 1. The first-order valence-electron chi connectivity index (χ1n) is 7.69. The Hall–Kier alpha value is -2.59. The Bertz CT molecular complexity index is 813. The molecule has 3 rings (SSSR count). The largest absolute Gasteiger partial charge is 0.355 e. The highest BCUT2D eigenvalue weighted by molar-refractivity contribution is 6.30. The van der Waals surface area contributed by atoms with Gasteiger partial charge in [0.1, 0.15) is 0 Å². The second kappa shape index (κ2) is 7.32. The molecule has 1 atom stereocenters. The molecule has 0 fully saturated rings. The summed E-state index contributed by atoms with van der Waals surface area (Å²) in [5, 5.41) is 7.38. The van der Waals surface area contributed by atoms with Gasteiger partial charge < -0.3 is 9.84 Å². The van der Waals surface area contributed by atoms with Gasteiger partial charge in [0, 0.05) is 23.2 Å². The van der Waals surface area contributed by atoms with E-state index in [4.69, 9.17) is 16.1 Å². The topological polar surface area (TPSA) is 55.1 Å². The van der Waals surface area contributed by atoms with Crippen LogP contribution in [0.4, 0.5) is 0 Å². The fraction of sp³-hybridized carbons (Fsp3) is 0.158. The second-order valence-electron chi connectivity index (χ2n) is 5.61. The zero-order chi connectivity index (χ0) is 16.9. The molecule has 24 heavy (non-hydrogen) atoms. The van der Waals surface area contributed by atoms with Crippen molar-refractivity contribution in [2.75, 3.05) is 6.54 Å². The van der Waals surface area contributed by atoms with Crippen molar-refractivity contribution in [3.63, 3.8) is 0 Å². The van der Waals surface area contributed by atoms with Crippen LogP contribution >= 0.6 is 11.6 Å². The highest BCUT2D eigenvalue weighted by Crippen LogP contribution is 2.22. The van der Waals surface area contributed by atoms with Gasteiger partial charge in [-0.05, 0) is 35.7 Å². The molecule has 2 aromatic carbocycles. The minimum Gasteiger partial charge on any atom is -0.355 e. The number of carbonyl (C=O) groups excluding carboxylic acids is 1. The molecule has 1 amide bonds. The molecule has 0 aliphatic heterocycles. The maximum Gasteiger partial charge on any atom is 0.273 e. The van der Waals surface area contributed by atoms with Crippen molar-refractivity contribution in [2.24, 2.45) is 0 Å². The van der Waals surface area contributed by atoms with E-state index in [1.807, 2.05) is 42.5 Å². The summed E-state index contributed by atoms with van der Waals surface area (Å²) < 4.78 is 5.25. The van der Waals surface area contributed by atoms with E-state index in [1.54, 1.807) is 18.2 Å². The number of hydrogen-bond donors (Lipinski definition) is 1. The molecule has 0 saturated heterocycles. The summed E-state index contributed by atoms with van der Waals surface area (Å²) in [7, 11) is 0. The maximum absolute atomic E-state index is 12.2. The molecule has 0 bridgehead atoms. The van der Waals surface area contributed by atoms with Crippen molar-refractivity contribution in [2.45, 2.75) is 12.8 Å². The molecule has 0 saturated carbocycles. The van der Waals surface area contributed by atoms with Crippen LogP contribution in [-0.2, 0) is 0 Å². The van der Waals surface area contributed by atoms with Crippen LogP contribution in [0.5, 0.6) is 0 Å². The van der Waals surface area contributed by atoms with Crippen LogP contribution in [0.2, 0.25) is 5.02 Å². The SMILES string of the molecule is CC(CNC(=O)c1cc(-c2ccc(Cl)cc2)on1)c1ccccc1. The third-order valence-corrected chi connectivity index (χ3v) is 4.06. The van der Waals surface area contributed by atoms with Gasteiger partial charge in [0.25, 0.3) is 5.91 Å². The number of amides is 1. The molecular weight excluding hydrogens is 324 g/mol. The van der Waals surface area contributed by atoms with Crippen LogP contribution < -0.4 is 5.32 Å². The number of nitrogens with zero attached hydrogens (tertiary/aromatic N) is 1. The average Bonchev–Trinajstić information content (AvgIpc) is 3.11. The smallest absolute Gasteiger partial charge is 0.273 e. The third kappa shape index (κ3) is 3.84. The Labute approximate surface area is 145 Å². The molecule has 5 heteroatoms. The van der Waals surface area contributed by atoms with Gasteiger partial charge in [-0.2, -0.15) is 0 Å². The van der Waals surface area contributed by atoms with E-state index in [1.165, 1.54) is 5.56 Å². The Morgan fingerprint density at radius 3 is 2.58 bits per heavy atom. The lowest BCUT2D eigenvalue weighted by molar-refractivity contribution is 0.0942. The number of halogens is 1. The minimum atomic E-state index is -0.248. The Morgan fingerprint density at radius 2 is 1.88 bits per heavy atom. The van der Waals surface area contributed by atoms with Crippen molar-refractivity contribution >= 4 is 17.5 Å². The van der Waals surface area contributed by atoms with E-state index < -0.39 is 0 Å². The summed E-state index contributed by atoms with van der Waals surface area (Å²) in [6.07, 6.45) is 0. The molecule has 4 nitrogen and oxygen atoms in total. The van der Waals surface area contributed by atoms with E-state index in [9.17, 15) is 4.79 Å². The first kappa shape index (κ1) is 16.3. The van der Waals surface area contributed by atoms with Crippen molar-refractivity contribution < 1.29 is 9.32 Å². The Balaban J connectivity index is 1.63. The predicted molar refractivity (Wildman–Crippen MR) is 94.1 cm³/mol. The average molecular weight is 341 g/mol. The Kier molecular flexibility index (Phi) is 4.96. The van der Waals surface area contributed by atoms with Gasteiger partial charge in [-0.3, -0.25) is 4.79 Å². The molecule has 1 heterocycles. The fourth-order valence-electron chi connectivity index (χ4n) is 2.37. The molecule has 1 N–H and O–H groups in total. The van der Waals surface area contributed by atoms with Crippen molar-refractivity contribution in [1.29, 1.82) is 0 Å². The van der Waals surface area contributed by atoms with Gasteiger partial charge in [0.05, 0.1) is 0 Å². The van der Waals surface area contributed by atoms with E-state index in [-0.39, 0.29) is 17.5 Å². The highest BCUT2D eigenvalue weighted by atomic mass is 35.5. The summed E-state index contributed by atoms with van der Waals surface area (Å²) in [5.74, 6) is 0.507. The highest BCUT2D eigenvalue weighted by Gasteiger charge is 2.15. The first-order valence-corrected chi connectivity index (χ1v) is 8.07. The van der Waals surface area contributed by atoms with E-state index >= 15 is 0 Å². The van der Waals surface area contributed by atoms with Crippen molar-refractivity contribution in [3.05, 3.63) is 76.9 Å². The monoisotopic (exact) mass is 340 g/mol. The summed E-state index contributed by atoms with van der Waals surface area (Å²) in [5.41, 5.74) is 2.27. The summed E-state index contributed by atoms with van der Waals surface area (Å²) >= 11 is 5.87.